The monoisotopic (exact) mass is 547 g/mol. The highest BCUT2D eigenvalue weighted by Crippen LogP contribution is 2.40. The van der Waals surface area contributed by atoms with Crippen LogP contribution < -0.4 is 9.47 Å². The zero-order valence-electron chi connectivity index (χ0n) is 21.2. The summed E-state index contributed by atoms with van der Waals surface area (Å²) >= 11 is 0. The number of carbonyl (C=O) groups is 1. The highest BCUT2D eigenvalue weighted by Gasteiger charge is 2.32. The first-order chi connectivity index (χ1) is 18.8. The third-order valence-electron chi connectivity index (χ3n) is 6.91. The zero-order valence-corrected chi connectivity index (χ0v) is 22.1. The predicted molar refractivity (Wildman–Crippen MR) is 143 cm³/mol. The van der Waals surface area contributed by atoms with Crippen molar-refractivity contribution in [2.24, 2.45) is 7.05 Å². The Morgan fingerprint density at radius 1 is 1.13 bits per heavy atom. The van der Waals surface area contributed by atoms with Crippen molar-refractivity contribution >= 4 is 32.9 Å². The quantitative estimate of drug-likeness (QED) is 0.377. The molecule has 2 aromatic carbocycles. The van der Waals surface area contributed by atoms with Gasteiger partial charge in [0.1, 0.15) is 33.4 Å². The molecule has 2 aliphatic rings. The van der Waals surface area contributed by atoms with Gasteiger partial charge in [0.05, 0.1) is 20.3 Å². The Kier molecular flexibility index (Phi) is 6.13. The summed E-state index contributed by atoms with van der Waals surface area (Å²) in [5.41, 5.74) is 2.77. The Hall–Kier alpha value is -4.19. The second kappa shape index (κ2) is 9.53. The number of rotatable bonds is 5. The summed E-state index contributed by atoms with van der Waals surface area (Å²) in [6.45, 7) is 1.18. The normalized spacial score (nSPS) is 17.0. The fourth-order valence-electron chi connectivity index (χ4n) is 5.02. The molecule has 0 saturated carbocycles. The van der Waals surface area contributed by atoms with E-state index in [9.17, 15) is 18.3 Å². The number of nitrogens with zero attached hydrogens (tertiary/aromatic N) is 3. The van der Waals surface area contributed by atoms with E-state index in [0.717, 1.165) is 5.56 Å². The minimum atomic E-state index is -3.85. The highest BCUT2D eigenvalue weighted by atomic mass is 32.2. The zero-order chi connectivity index (χ0) is 27.3. The van der Waals surface area contributed by atoms with Crippen LogP contribution in [0.2, 0.25) is 0 Å². The molecule has 1 saturated heterocycles. The molecule has 0 bridgehead atoms. The van der Waals surface area contributed by atoms with Gasteiger partial charge in [-0.25, -0.2) is 13.4 Å². The van der Waals surface area contributed by atoms with Crippen LogP contribution in [0.1, 0.15) is 15.9 Å². The lowest BCUT2D eigenvalue weighted by Crippen LogP contribution is -2.40. The van der Waals surface area contributed by atoms with E-state index in [0.29, 0.717) is 35.4 Å². The lowest BCUT2D eigenvalue weighted by Gasteiger charge is -2.27. The van der Waals surface area contributed by atoms with Gasteiger partial charge in [0.25, 0.3) is 0 Å². The Morgan fingerprint density at radius 3 is 2.67 bits per heavy atom. The van der Waals surface area contributed by atoms with Gasteiger partial charge in [-0.3, -0.25) is 4.79 Å². The lowest BCUT2D eigenvalue weighted by atomic mass is 10.0. The van der Waals surface area contributed by atoms with Crippen molar-refractivity contribution in [3.63, 3.8) is 0 Å². The average Bonchev–Trinajstić information content (AvgIpc) is 3.45. The van der Waals surface area contributed by atoms with Gasteiger partial charge in [-0.15, -0.1) is 0 Å². The number of allylic oxidation sites excluding steroid dienone is 1. The molecule has 0 aliphatic carbocycles. The molecule has 0 amide bonds. The number of sulfonamides is 1. The van der Waals surface area contributed by atoms with Crippen molar-refractivity contribution < 1.29 is 32.5 Å². The first-order valence-electron chi connectivity index (χ1n) is 12.3. The van der Waals surface area contributed by atoms with E-state index in [2.05, 4.69) is 4.98 Å². The maximum atomic E-state index is 13.6. The summed E-state index contributed by atoms with van der Waals surface area (Å²) in [6, 6.07) is 11.5. The van der Waals surface area contributed by atoms with Gasteiger partial charge in [-0.2, -0.15) is 4.31 Å². The maximum Gasteiger partial charge on any atom is 0.246 e. The third kappa shape index (κ3) is 4.15. The molecule has 0 spiro atoms. The van der Waals surface area contributed by atoms with E-state index in [1.165, 1.54) is 17.5 Å². The molecule has 2 aromatic heterocycles. The van der Waals surface area contributed by atoms with E-state index in [1.807, 2.05) is 17.8 Å². The number of methoxy groups -OCH3 is 1. The number of ether oxygens (including phenoxy) is 3. The molecule has 11 heteroatoms. The van der Waals surface area contributed by atoms with Gasteiger partial charge in [0, 0.05) is 43.5 Å². The topological polar surface area (TPSA) is 120 Å². The van der Waals surface area contributed by atoms with E-state index >= 15 is 0 Å². The summed E-state index contributed by atoms with van der Waals surface area (Å²) in [5, 5.41) is 10.9. The van der Waals surface area contributed by atoms with E-state index in [1.54, 1.807) is 48.7 Å². The van der Waals surface area contributed by atoms with Crippen molar-refractivity contribution in [1.29, 1.82) is 0 Å². The van der Waals surface area contributed by atoms with E-state index in [4.69, 9.17) is 14.2 Å². The number of morpholine rings is 1. The minimum Gasteiger partial charge on any atom is -0.507 e. The maximum absolute atomic E-state index is 13.6. The van der Waals surface area contributed by atoms with Crippen molar-refractivity contribution in [1.82, 2.24) is 13.9 Å². The number of benzene rings is 2. The van der Waals surface area contributed by atoms with Crippen LogP contribution in [-0.2, 0) is 21.8 Å². The molecule has 1 N–H and O–H groups in total. The number of phenolic OH excluding ortho intramolecular Hbond substituents is 1. The van der Waals surface area contributed by atoms with Gasteiger partial charge in [0.15, 0.2) is 5.76 Å². The number of aromatic hydroxyl groups is 1. The van der Waals surface area contributed by atoms with Crippen molar-refractivity contribution in [3.05, 3.63) is 71.7 Å². The van der Waals surface area contributed by atoms with Crippen LogP contribution >= 0.6 is 0 Å². The highest BCUT2D eigenvalue weighted by molar-refractivity contribution is 7.89. The standard InChI is InChI=1S/C28H25N3O7S/c1-30-16-18(14-23-27(33)26-20(32)4-3-5-22(26)38-23)25-19(8-9-29-28(25)30)17-6-7-21(36-2)24(15-17)39(34,35)31-10-12-37-13-11-31/h3-9,14-16,32H,10-13H2,1-2H3/b23-14-. The molecule has 2 aliphatic heterocycles. The van der Waals surface area contributed by atoms with Gasteiger partial charge in [0.2, 0.25) is 15.8 Å². The second-order valence-corrected chi connectivity index (χ2v) is 11.1. The van der Waals surface area contributed by atoms with Gasteiger partial charge < -0.3 is 23.9 Å². The van der Waals surface area contributed by atoms with Gasteiger partial charge >= 0.3 is 0 Å². The number of phenols is 1. The number of Topliss-reactive ketones (excluding diaryl/α,β-unsaturated/α-hetero) is 1. The summed E-state index contributed by atoms with van der Waals surface area (Å²) in [7, 11) is -0.574. The SMILES string of the molecule is COc1ccc(-c2ccnc3c2c(/C=C2\Oc4cccc(O)c4C2=O)cn3C)cc1S(=O)(=O)N1CCOCC1. The first kappa shape index (κ1) is 25.1. The summed E-state index contributed by atoms with van der Waals surface area (Å²) < 4.78 is 46.9. The number of fused-ring (bicyclic) bond motifs is 2. The van der Waals surface area contributed by atoms with Crippen LogP contribution in [0.3, 0.4) is 0 Å². The number of hydrogen-bond donors (Lipinski definition) is 1. The Morgan fingerprint density at radius 2 is 1.92 bits per heavy atom. The van der Waals surface area contributed by atoms with Crippen molar-refractivity contribution in [2.75, 3.05) is 33.4 Å². The Bertz CT molecular complexity index is 1770. The van der Waals surface area contributed by atoms with Crippen molar-refractivity contribution in [3.8, 4) is 28.4 Å². The number of hydrogen-bond acceptors (Lipinski definition) is 8. The van der Waals surface area contributed by atoms with Crippen molar-refractivity contribution in [2.45, 2.75) is 4.90 Å². The fourth-order valence-corrected chi connectivity index (χ4v) is 6.61. The van der Waals surface area contributed by atoms with Crippen LogP contribution in [0.5, 0.6) is 17.2 Å². The number of pyridine rings is 1. The molecular weight excluding hydrogens is 522 g/mol. The molecule has 0 radical (unpaired) electrons. The first-order valence-corrected chi connectivity index (χ1v) is 13.7. The molecule has 200 valence electrons. The lowest BCUT2D eigenvalue weighted by molar-refractivity contribution is 0.0729. The van der Waals surface area contributed by atoms with Crippen LogP contribution in [-0.4, -0.2) is 66.6 Å². The van der Waals surface area contributed by atoms with Crippen LogP contribution in [0.25, 0.3) is 28.2 Å². The molecule has 6 rings (SSSR count). The molecular formula is C28H25N3O7S. The summed E-state index contributed by atoms with van der Waals surface area (Å²) in [5.74, 6) is 0.0350. The van der Waals surface area contributed by atoms with E-state index < -0.39 is 15.8 Å². The minimum absolute atomic E-state index is 0.0606. The Balaban J connectivity index is 1.49. The Labute approximate surface area is 224 Å². The van der Waals surface area contributed by atoms with Crippen LogP contribution in [0.4, 0.5) is 0 Å². The largest absolute Gasteiger partial charge is 0.507 e. The third-order valence-corrected chi connectivity index (χ3v) is 8.83. The number of aromatic nitrogens is 2. The van der Waals surface area contributed by atoms with Crippen LogP contribution in [0.15, 0.2) is 65.5 Å². The van der Waals surface area contributed by atoms with Gasteiger partial charge in [-0.1, -0.05) is 12.1 Å². The molecule has 1 fully saturated rings. The molecule has 10 nitrogen and oxygen atoms in total. The summed E-state index contributed by atoms with van der Waals surface area (Å²) in [6.07, 6.45) is 5.09. The predicted octanol–water partition coefficient (Wildman–Crippen LogP) is 3.59. The molecule has 4 aromatic rings. The molecule has 4 heterocycles. The number of ketones is 1. The molecule has 0 unspecified atom stereocenters. The number of aryl methyl sites for hydroxylation is 1. The fraction of sp³-hybridized carbons (Fsp3) is 0.214. The smallest absolute Gasteiger partial charge is 0.246 e. The van der Waals surface area contributed by atoms with Crippen LogP contribution in [0, 0.1) is 0 Å². The average molecular weight is 548 g/mol. The van der Waals surface area contributed by atoms with Gasteiger partial charge in [-0.05, 0) is 47.5 Å². The molecule has 39 heavy (non-hydrogen) atoms. The second-order valence-electron chi connectivity index (χ2n) is 9.22. The van der Waals surface area contributed by atoms with E-state index in [-0.39, 0.29) is 46.6 Å². The number of carbonyl (C=O) groups excluding carboxylic acids is 1. The summed E-state index contributed by atoms with van der Waals surface area (Å²) in [4.78, 5) is 17.6. The molecule has 0 atom stereocenters.